The number of benzene rings is 1. The first kappa shape index (κ1) is 22.7. The fraction of sp³-hybridized carbons (Fsp3) is 0.400. The van der Waals surface area contributed by atoms with Crippen LogP contribution < -0.4 is 21.3 Å². The van der Waals surface area contributed by atoms with Crippen LogP contribution in [0.15, 0.2) is 36.4 Å². The molecule has 1 amide bonds. The van der Waals surface area contributed by atoms with Crippen molar-refractivity contribution < 1.29 is 4.79 Å². The maximum atomic E-state index is 12.0. The highest BCUT2D eigenvalue weighted by atomic mass is 35.5. The lowest BCUT2D eigenvalue weighted by Crippen LogP contribution is -2.28. The number of aromatic nitrogens is 1. The third-order valence-electron chi connectivity index (χ3n) is 4.03. The second kappa shape index (κ2) is 11.4. The molecule has 0 saturated heterocycles. The second-order valence-corrected chi connectivity index (χ2v) is 6.68. The SMILES string of the molecule is Cc1cc(N)nc(CCCCNCC(=O)Nc2ccc(N(C)C)cc2)c1.Cl. The highest BCUT2D eigenvalue weighted by Crippen LogP contribution is 2.15. The number of hydrogen-bond donors (Lipinski definition) is 3. The molecule has 0 fully saturated rings. The lowest BCUT2D eigenvalue weighted by Gasteiger charge is -2.13. The van der Waals surface area contributed by atoms with Gasteiger partial charge in [0.25, 0.3) is 0 Å². The Bertz CT molecular complexity index is 699. The molecule has 4 N–H and O–H groups in total. The van der Waals surface area contributed by atoms with Gasteiger partial charge in [0, 0.05) is 31.2 Å². The first-order valence-electron chi connectivity index (χ1n) is 8.95. The minimum absolute atomic E-state index is 0. The maximum Gasteiger partial charge on any atom is 0.238 e. The number of aryl methyl sites for hydroxylation is 2. The molecule has 0 aliphatic carbocycles. The molecule has 7 heteroatoms. The fourth-order valence-corrected chi connectivity index (χ4v) is 2.70. The summed E-state index contributed by atoms with van der Waals surface area (Å²) in [6.07, 6.45) is 2.90. The first-order valence-corrected chi connectivity index (χ1v) is 8.95. The molecule has 148 valence electrons. The molecule has 0 unspecified atom stereocenters. The summed E-state index contributed by atoms with van der Waals surface area (Å²) >= 11 is 0. The molecule has 27 heavy (non-hydrogen) atoms. The Morgan fingerprint density at radius 2 is 1.85 bits per heavy atom. The van der Waals surface area contributed by atoms with Crippen molar-refractivity contribution in [3.8, 4) is 0 Å². The summed E-state index contributed by atoms with van der Waals surface area (Å²) in [6.45, 7) is 3.13. The molecule has 0 spiro atoms. The van der Waals surface area contributed by atoms with E-state index in [0.717, 1.165) is 48.4 Å². The number of amides is 1. The van der Waals surface area contributed by atoms with Gasteiger partial charge in [-0.25, -0.2) is 4.98 Å². The molecule has 1 heterocycles. The van der Waals surface area contributed by atoms with Crippen LogP contribution in [0.1, 0.15) is 24.1 Å². The lowest BCUT2D eigenvalue weighted by molar-refractivity contribution is -0.115. The monoisotopic (exact) mass is 391 g/mol. The van der Waals surface area contributed by atoms with E-state index in [0.29, 0.717) is 12.4 Å². The Labute approximate surface area is 168 Å². The number of halogens is 1. The molecule has 1 aromatic carbocycles. The summed E-state index contributed by atoms with van der Waals surface area (Å²) in [4.78, 5) is 18.3. The van der Waals surface area contributed by atoms with Crippen LogP contribution in [-0.4, -0.2) is 38.1 Å². The topological polar surface area (TPSA) is 83.3 Å². The van der Waals surface area contributed by atoms with E-state index >= 15 is 0 Å². The number of nitrogens with zero attached hydrogens (tertiary/aromatic N) is 2. The van der Waals surface area contributed by atoms with Crippen molar-refractivity contribution in [2.75, 3.05) is 43.1 Å². The Balaban J connectivity index is 0.00000364. The summed E-state index contributed by atoms with van der Waals surface area (Å²) in [5.74, 6) is 0.545. The van der Waals surface area contributed by atoms with Gasteiger partial charge in [-0.15, -0.1) is 12.4 Å². The zero-order valence-electron chi connectivity index (χ0n) is 16.3. The number of carbonyl (C=O) groups excluding carboxylic acids is 1. The van der Waals surface area contributed by atoms with E-state index in [1.165, 1.54) is 0 Å². The summed E-state index contributed by atoms with van der Waals surface area (Å²) < 4.78 is 0. The first-order chi connectivity index (χ1) is 12.4. The van der Waals surface area contributed by atoms with Crippen LogP contribution >= 0.6 is 12.4 Å². The van der Waals surface area contributed by atoms with Crippen LogP contribution in [0, 0.1) is 6.92 Å². The predicted molar refractivity (Wildman–Crippen MR) is 116 cm³/mol. The number of unbranched alkanes of at least 4 members (excludes halogenated alkanes) is 1. The zero-order chi connectivity index (χ0) is 18.9. The Hall–Kier alpha value is -2.31. The highest BCUT2D eigenvalue weighted by Gasteiger charge is 2.03. The average Bonchev–Trinajstić information content (AvgIpc) is 2.57. The number of carbonyl (C=O) groups is 1. The standard InChI is InChI=1S/C20H29N5O.ClH/c1-15-12-17(23-19(21)13-15)6-4-5-11-22-14-20(26)24-16-7-9-18(10-8-16)25(2)3;/h7-10,12-13,22H,4-6,11,14H2,1-3H3,(H2,21,23)(H,24,26);1H. The molecule has 0 bridgehead atoms. The van der Waals surface area contributed by atoms with Crippen molar-refractivity contribution in [2.45, 2.75) is 26.2 Å². The van der Waals surface area contributed by atoms with E-state index in [-0.39, 0.29) is 18.3 Å². The molecule has 2 rings (SSSR count). The predicted octanol–water partition coefficient (Wildman–Crippen LogP) is 3.01. The number of anilines is 3. The van der Waals surface area contributed by atoms with E-state index in [2.05, 4.69) is 21.7 Å². The maximum absolute atomic E-state index is 12.0. The van der Waals surface area contributed by atoms with Gasteiger partial charge in [-0.1, -0.05) is 0 Å². The number of pyridine rings is 1. The molecule has 0 aliphatic rings. The highest BCUT2D eigenvalue weighted by molar-refractivity contribution is 5.92. The van der Waals surface area contributed by atoms with Crippen LogP contribution in [-0.2, 0) is 11.2 Å². The molecule has 0 atom stereocenters. The molecule has 2 aromatic rings. The Morgan fingerprint density at radius 1 is 1.15 bits per heavy atom. The van der Waals surface area contributed by atoms with Gasteiger partial charge in [-0.3, -0.25) is 4.79 Å². The number of rotatable bonds is 9. The average molecular weight is 392 g/mol. The third kappa shape index (κ3) is 8.28. The molecular formula is C20H30ClN5O. The van der Waals surface area contributed by atoms with E-state index in [1.54, 1.807) is 0 Å². The van der Waals surface area contributed by atoms with Crippen molar-refractivity contribution in [3.63, 3.8) is 0 Å². The Kier molecular flexibility index (Phi) is 9.61. The van der Waals surface area contributed by atoms with Gasteiger partial charge in [0.15, 0.2) is 0 Å². The van der Waals surface area contributed by atoms with Crippen LogP contribution in [0.2, 0.25) is 0 Å². The van der Waals surface area contributed by atoms with E-state index < -0.39 is 0 Å². The number of nitrogens with two attached hydrogens (primary N) is 1. The van der Waals surface area contributed by atoms with Crippen LogP contribution in [0.5, 0.6) is 0 Å². The van der Waals surface area contributed by atoms with Crippen LogP contribution in [0.25, 0.3) is 0 Å². The summed E-state index contributed by atoms with van der Waals surface area (Å²) in [7, 11) is 3.98. The second-order valence-electron chi connectivity index (χ2n) is 6.68. The van der Waals surface area contributed by atoms with Crippen molar-refractivity contribution >= 4 is 35.5 Å². The number of hydrogen-bond acceptors (Lipinski definition) is 5. The normalized spacial score (nSPS) is 10.2. The molecule has 6 nitrogen and oxygen atoms in total. The minimum Gasteiger partial charge on any atom is -0.384 e. The van der Waals surface area contributed by atoms with Gasteiger partial charge in [0.05, 0.1) is 6.54 Å². The number of nitrogens with one attached hydrogen (secondary N) is 2. The summed E-state index contributed by atoms with van der Waals surface area (Å²) in [6, 6.07) is 11.7. The smallest absolute Gasteiger partial charge is 0.238 e. The quantitative estimate of drug-likeness (QED) is 0.572. The molecule has 1 aromatic heterocycles. The minimum atomic E-state index is -0.0317. The molecule has 0 aliphatic heterocycles. The summed E-state index contributed by atoms with van der Waals surface area (Å²) in [5, 5.41) is 6.07. The molecule has 0 radical (unpaired) electrons. The van der Waals surface area contributed by atoms with Gasteiger partial charge in [-0.05, 0) is 74.7 Å². The Morgan fingerprint density at radius 3 is 2.48 bits per heavy atom. The van der Waals surface area contributed by atoms with Crippen molar-refractivity contribution in [1.29, 1.82) is 0 Å². The van der Waals surface area contributed by atoms with Crippen molar-refractivity contribution in [1.82, 2.24) is 10.3 Å². The summed E-state index contributed by atoms with van der Waals surface area (Å²) in [5.41, 5.74) is 9.84. The third-order valence-corrected chi connectivity index (χ3v) is 4.03. The largest absolute Gasteiger partial charge is 0.384 e. The van der Waals surface area contributed by atoms with Gasteiger partial charge < -0.3 is 21.3 Å². The van der Waals surface area contributed by atoms with Gasteiger partial charge in [-0.2, -0.15) is 0 Å². The van der Waals surface area contributed by atoms with Gasteiger partial charge in [0.2, 0.25) is 5.91 Å². The fourth-order valence-electron chi connectivity index (χ4n) is 2.70. The molecular weight excluding hydrogens is 362 g/mol. The lowest BCUT2D eigenvalue weighted by atomic mass is 10.1. The zero-order valence-corrected chi connectivity index (χ0v) is 17.1. The number of nitrogen functional groups attached to an aromatic ring is 1. The van der Waals surface area contributed by atoms with Gasteiger partial charge in [0.1, 0.15) is 5.82 Å². The van der Waals surface area contributed by atoms with Gasteiger partial charge >= 0.3 is 0 Å². The van der Waals surface area contributed by atoms with E-state index in [4.69, 9.17) is 5.73 Å². The van der Waals surface area contributed by atoms with Crippen LogP contribution in [0.4, 0.5) is 17.2 Å². The molecule has 0 saturated carbocycles. The van der Waals surface area contributed by atoms with Crippen molar-refractivity contribution in [2.24, 2.45) is 0 Å². The van der Waals surface area contributed by atoms with Crippen LogP contribution in [0.3, 0.4) is 0 Å². The van der Waals surface area contributed by atoms with E-state index in [9.17, 15) is 4.79 Å². The van der Waals surface area contributed by atoms with Crippen molar-refractivity contribution in [3.05, 3.63) is 47.7 Å². The van der Waals surface area contributed by atoms with E-state index in [1.807, 2.05) is 56.3 Å².